The molecule has 5 nitrogen and oxygen atoms in total. The molecule has 1 amide bonds. The number of nitrogens with zero attached hydrogens (tertiary/aromatic N) is 2. The monoisotopic (exact) mass is 384 g/mol. The SMILES string of the molecule is COc1cccc(C(=O)N(CCC[NH+](C)C)c2nc3c(C)cccc3s2)c1. The predicted octanol–water partition coefficient (Wildman–Crippen LogP) is 2.79. The van der Waals surface area contributed by atoms with Crippen molar-refractivity contribution in [1.82, 2.24) is 4.98 Å². The summed E-state index contributed by atoms with van der Waals surface area (Å²) < 4.78 is 6.38. The van der Waals surface area contributed by atoms with Crippen LogP contribution < -0.4 is 14.5 Å². The third kappa shape index (κ3) is 4.46. The Hall–Kier alpha value is -2.44. The first-order valence-corrected chi connectivity index (χ1v) is 9.92. The van der Waals surface area contributed by atoms with Crippen molar-refractivity contribution in [2.45, 2.75) is 13.3 Å². The summed E-state index contributed by atoms with van der Waals surface area (Å²) in [4.78, 5) is 21.2. The van der Waals surface area contributed by atoms with E-state index >= 15 is 0 Å². The Labute approximate surface area is 164 Å². The number of amides is 1. The summed E-state index contributed by atoms with van der Waals surface area (Å²) in [5, 5.41) is 0.751. The molecule has 1 heterocycles. The first-order chi connectivity index (χ1) is 13.0. The Morgan fingerprint density at radius 3 is 2.70 bits per heavy atom. The molecular formula is C21H26N3O2S+. The average Bonchev–Trinajstić information content (AvgIpc) is 3.10. The van der Waals surface area contributed by atoms with Crippen LogP contribution in [-0.4, -0.2) is 45.2 Å². The van der Waals surface area contributed by atoms with E-state index in [0.717, 1.165) is 33.9 Å². The van der Waals surface area contributed by atoms with Gasteiger partial charge < -0.3 is 9.64 Å². The Kier molecular flexibility index (Phi) is 6.08. The average molecular weight is 385 g/mol. The zero-order chi connectivity index (χ0) is 19.4. The van der Waals surface area contributed by atoms with E-state index in [1.54, 1.807) is 24.5 Å². The second-order valence-corrected chi connectivity index (χ2v) is 7.93. The van der Waals surface area contributed by atoms with Crippen molar-refractivity contribution in [2.24, 2.45) is 0 Å². The predicted molar refractivity (Wildman–Crippen MR) is 111 cm³/mol. The number of nitrogens with one attached hydrogen (secondary N) is 1. The molecule has 27 heavy (non-hydrogen) atoms. The molecule has 0 aliphatic rings. The van der Waals surface area contributed by atoms with Gasteiger partial charge in [0.2, 0.25) is 0 Å². The quantitative estimate of drug-likeness (QED) is 0.681. The molecule has 0 saturated carbocycles. The molecule has 3 aromatic rings. The summed E-state index contributed by atoms with van der Waals surface area (Å²) in [6.07, 6.45) is 0.910. The highest BCUT2D eigenvalue weighted by atomic mass is 32.1. The van der Waals surface area contributed by atoms with E-state index in [1.165, 1.54) is 4.90 Å². The highest BCUT2D eigenvalue weighted by Gasteiger charge is 2.22. The number of carbonyl (C=O) groups excluding carboxylic acids is 1. The molecule has 1 N–H and O–H groups in total. The van der Waals surface area contributed by atoms with Crippen molar-refractivity contribution in [2.75, 3.05) is 39.2 Å². The fourth-order valence-electron chi connectivity index (χ4n) is 2.98. The largest absolute Gasteiger partial charge is 0.497 e. The van der Waals surface area contributed by atoms with Gasteiger partial charge in [0.05, 0.1) is 38.0 Å². The number of carbonyl (C=O) groups is 1. The van der Waals surface area contributed by atoms with E-state index in [2.05, 4.69) is 33.2 Å². The van der Waals surface area contributed by atoms with Crippen LogP contribution in [0, 0.1) is 6.92 Å². The van der Waals surface area contributed by atoms with Crippen LogP contribution in [0.15, 0.2) is 42.5 Å². The van der Waals surface area contributed by atoms with E-state index in [0.29, 0.717) is 17.9 Å². The first kappa shape index (κ1) is 19.3. The number of quaternary nitrogens is 1. The van der Waals surface area contributed by atoms with Gasteiger partial charge in [-0.1, -0.05) is 29.5 Å². The Morgan fingerprint density at radius 1 is 1.22 bits per heavy atom. The fourth-order valence-corrected chi connectivity index (χ4v) is 4.04. The topological polar surface area (TPSA) is 46.9 Å². The first-order valence-electron chi connectivity index (χ1n) is 9.10. The van der Waals surface area contributed by atoms with Crippen LogP contribution in [-0.2, 0) is 0 Å². The van der Waals surface area contributed by atoms with Crippen LogP contribution >= 0.6 is 11.3 Å². The number of fused-ring (bicyclic) bond motifs is 1. The number of methoxy groups -OCH3 is 1. The van der Waals surface area contributed by atoms with Gasteiger partial charge in [0.25, 0.3) is 5.91 Å². The molecule has 0 spiro atoms. The molecule has 0 fully saturated rings. The van der Waals surface area contributed by atoms with Crippen LogP contribution in [0.4, 0.5) is 5.13 Å². The van der Waals surface area contributed by atoms with Crippen molar-refractivity contribution in [1.29, 1.82) is 0 Å². The Morgan fingerprint density at radius 2 is 2.00 bits per heavy atom. The van der Waals surface area contributed by atoms with Gasteiger partial charge in [-0.15, -0.1) is 0 Å². The highest BCUT2D eigenvalue weighted by Crippen LogP contribution is 2.31. The molecule has 0 aliphatic carbocycles. The highest BCUT2D eigenvalue weighted by molar-refractivity contribution is 7.22. The number of para-hydroxylation sites is 1. The van der Waals surface area contributed by atoms with Gasteiger partial charge in [-0.25, -0.2) is 4.98 Å². The number of thiazole rings is 1. The summed E-state index contributed by atoms with van der Waals surface area (Å²) >= 11 is 1.57. The zero-order valence-electron chi connectivity index (χ0n) is 16.3. The van der Waals surface area contributed by atoms with E-state index in [4.69, 9.17) is 9.72 Å². The molecule has 0 radical (unpaired) electrons. The number of aromatic nitrogens is 1. The van der Waals surface area contributed by atoms with Crippen molar-refractivity contribution >= 4 is 32.6 Å². The minimum atomic E-state index is -0.0423. The van der Waals surface area contributed by atoms with Crippen LogP contribution in [0.25, 0.3) is 10.2 Å². The summed E-state index contributed by atoms with van der Waals surface area (Å²) in [6.45, 7) is 3.68. The third-order valence-electron chi connectivity index (χ3n) is 4.46. The normalized spacial score (nSPS) is 11.1. The van der Waals surface area contributed by atoms with Gasteiger partial charge in [-0.05, 0) is 36.8 Å². The minimum Gasteiger partial charge on any atom is -0.497 e. The van der Waals surface area contributed by atoms with Gasteiger partial charge in [0, 0.05) is 18.5 Å². The van der Waals surface area contributed by atoms with Crippen molar-refractivity contribution in [3.8, 4) is 5.75 Å². The number of benzene rings is 2. The molecule has 0 bridgehead atoms. The molecule has 0 unspecified atom stereocenters. The summed E-state index contributed by atoms with van der Waals surface area (Å²) in [6, 6.07) is 13.4. The van der Waals surface area contributed by atoms with E-state index < -0.39 is 0 Å². The lowest BCUT2D eigenvalue weighted by Gasteiger charge is -2.20. The maximum Gasteiger partial charge on any atom is 0.260 e. The van der Waals surface area contributed by atoms with Crippen LogP contribution in [0.2, 0.25) is 0 Å². The summed E-state index contributed by atoms with van der Waals surface area (Å²) in [5.41, 5.74) is 2.71. The molecule has 1 aromatic heterocycles. The third-order valence-corrected chi connectivity index (χ3v) is 5.50. The number of aryl methyl sites for hydroxylation is 1. The summed E-state index contributed by atoms with van der Waals surface area (Å²) in [5.74, 6) is 0.637. The van der Waals surface area contributed by atoms with Gasteiger partial charge in [-0.3, -0.25) is 9.69 Å². The molecule has 3 rings (SSSR count). The Balaban J connectivity index is 1.96. The molecule has 0 atom stereocenters. The maximum atomic E-state index is 13.3. The smallest absolute Gasteiger partial charge is 0.260 e. The lowest BCUT2D eigenvalue weighted by Crippen LogP contribution is -3.05. The number of anilines is 1. The second kappa shape index (κ2) is 8.50. The van der Waals surface area contributed by atoms with Crippen molar-refractivity contribution in [3.05, 3.63) is 53.6 Å². The van der Waals surface area contributed by atoms with Crippen LogP contribution in [0.5, 0.6) is 5.75 Å². The molecule has 0 saturated heterocycles. The number of rotatable bonds is 7. The minimum absolute atomic E-state index is 0.0423. The zero-order valence-corrected chi connectivity index (χ0v) is 17.1. The van der Waals surface area contributed by atoms with Gasteiger partial charge in [0.15, 0.2) is 5.13 Å². The maximum absolute atomic E-state index is 13.3. The molecule has 0 aliphatic heterocycles. The number of hydrogen-bond acceptors (Lipinski definition) is 4. The molecule has 6 heteroatoms. The van der Waals surface area contributed by atoms with E-state index in [9.17, 15) is 4.79 Å². The van der Waals surface area contributed by atoms with E-state index in [1.807, 2.05) is 29.2 Å². The van der Waals surface area contributed by atoms with Gasteiger partial charge in [0.1, 0.15) is 5.75 Å². The Bertz CT molecular complexity index is 936. The van der Waals surface area contributed by atoms with Gasteiger partial charge >= 0.3 is 0 Å². The molecule has 142 valence electrons. The standard InChI is InChI=1S/C21H25N3O2S/c1-15-8-5-11-18-19(15)22-21(27-18)24(13-7-12-23(2)3)20(25)16-9-6-10-17(14-16)26-4/h5-6,8-11,14H,7,12-13H2,1-4H3/p+1. The fraction of sp³-hybridized carbons (Fsp3) is 0.333. The van der Waals surface area contributed by atoms with Crippen LogP contribution in [0.3, 0.4) is 0 Å². The van der Waals surface area contributed by atoms with Crippen molar-refractivity contribution in [3.63, 3.8) is 0 Å². The van der Waals surface area contributed by atoms with Crippen LogP contribution in [0.1, 0.15) is 22.3 Å². The number of hydrogen-bond donors (Lipinski definition) is 1. The second-order valence-electron chi connectivity index (χ2n) is 6.92. The van der Waals surface area contributed by atoms with Gasteiger partial charge in [-0.2, -0.15) is 0 Å². The van der Waals surface area contributed by atoms with E-state index in [-0.39, 0.29) is 5.91 Å². The number of ether oxygens (including phenoxy) is 1. The lowest BCUT2D eigenvalue weighted by molar-refractivity contribution is -0.858. The lowest BCUT2D eigenvalue weighted by atomic mass is 10.2. The summed E-state index contributed by atoms with van der Waals surface area (Å²) in [7, 11) is 5.85. The van der Waals surface area contributed by atoms with Crippen molar-refractivity contribution < 1.29 is 14.4 Å². The molecule has 2 aromatic carbocycles. The molecular weight excluding hydrogens is 358 g/mol.